The van der Waals surface area contributed by atoms with E-state index in [0.29, 0.717) is 18.0 Å². The van der Waals surface area contributed by atoms with Gasteiger partial charge in [-0.1, -0.05) is 12.1 Å². The molecule has 7 heteroatoms. The molecule has 21 heavy (non-hydrogen) atoms. The van der Waals surface area contributed by atoms with Gasteiger partial charge in [0, 0.05) is 19.2 Å². The Morgan fingerprint density at radius 3 is 2.48 bits per heavy atom. The molecule has 0 aliphatic carbocycles. The van der Waals surface area contributed by atoms with Gasteiger partial charge in [0.25, 0.3) is 0 Å². The molecule has 1 amide bonds. The second-order valence-electron chi connectivity index (χ2n) is 4.29. The topological polar surface area (TPSA) is 85.3 Å². The molecule has 0 bridgehead atoms. The maximum atomic E-state index is 11.8. The van der Waals surface area contributed by atoms with E-state index in [9.17, 15) is 9.59 Å². The van der Waals surface area contributed by atoms with Crippen LogP contribution < -0.4 is 9.47 Å². The van der Waals surface area contributed by atoms with E-state index in [0.717, 1.165) is 5.56 Å². The van der Waals surface area contributed by atoms with E-state index >= 15 is 0 Å². The summed E-state index contributed by atoms with van der Waals surface area (Å²) in [4.78, 5) is 23.6. The lowest BCUT2D eigenvalue weighted by molar-refractivity contribution is -0.145. The molecular weight excluding hydrogens is 278 g/mol. The minimum absolute atomic E-state index is 0.283. The average molecular weight is 297 g/mol. The highest BCUT2D eigenvalue weighted by atomic mass is 16.5. The van der Waals surface area contributed by atoms with Crippen molar-refractivity contribution in [2.24, 2.45) is 0 Å². The van der Waals surface area contributed by atoms with Gasteiger partial charge < -0.3 is 24.2 Å². The summed E-state index contributed by atoms with van der Waals surface area (Å²) in [7, 11) is 4.67. The molecule has 0 atom stereocenters. The van der Waals surface area contributed by atoms with Gasteiger partial charge in [-0.05, 0) is 6.07 Å². The van der Waals surface area contributed by atoms with Gasteiger partial charge in [-0.15, -0.1) is 0 Å². The maximum absolute atomic E-state index is 11.8. The zero-order valence-corrected chi connectivity index (χ0v) is 12.3. The number of ether oxygens (including phenoxy) is 3. The van der Waals surface area contributed by atoms with Crippen molar-refractivity contribution in [3.8, 4) is 11.5 Å². The number of amides is 1. The summed E-state index contributed by atoms with van der Waals surface area (Å²) in [5, 5.41) is 8.45. The van der Waals surface area contributed by atoms with E-state index in [4.69, 9.17) is 19.3 Å². The third-order valence-corrected chi connectivity index (χ3v) is 2.77. The monoisotopic (exact) mass is 297 g/mol. The maximum Gasteiger partial charge on any atom is 0.329 e. The predicted octanol–water partition coefficient (Wildman–Crippen LogP) is 0.763. The van der Waals surface area contributed by atoms with Crippen molar-refractivity contribution in [1.82, 2.24) is 4.90 Å². The first-order valence-corrected chi connectivity index (χ1v) is 6.23. The SMILES string of the molecule is COc1cccc(CN(C)C(=O)COCC(=O)O)c1OC. The van der Waals surface area contributed by atoms with Crippen LogP contribution in [0.3, 0.4) is 0 Å². The van der Waals surface area contributed by atoms with Crippen LogP contribution in [0.1, 0.15) is 5.56 Å². The van der Waals surface area contributed by atoms with Crippen molar-refractivity contribution < 1.29 is 28.9 Å². The number of carboxylic acids is 1. The van der Waals surface area contributed by atoms with Gasteiger partial charge >= 0.3 is 5.97 Å². The van der Waals surface area contributed by atoms with Crippen LogP contribution in [0, 0.1) is 0 Å². The molecule has 0 heterocycles. The zero-order chi connectivity index (χ0) is 15.8. The molecule has 7 nitrogen and oxygen atoms in total. The third-order valence-electron chi connectivity index (χ3n) is 2.77. The van der Waals surface area contributed by atoms with Gasteiger partial charge in [0.05, 0.1) is 14.2 Å². The second kappa shape index (κ2) is 8.11. The van der Waals surface area contributed by atoms with Crippen LogP contribution in [0.15, 0.2) is 18.2 Å². The summed E-state index contributed by atoms with van der Waals surface area (Å²) < 4.78 is 15.3. The summed E-state index contributed by atoms with van der Waals surface area (Å²) in [6.07, 6.45) is 0. The van der Waals surface area contributed by atoms with E-state index in [1.54, 1.807) is 19.2 Å². The molecule has 0 saturated carbocycles. The highest BCUT2D eigenvalue weighted by Gasteiger charge is 2.15. The molecule has 0 aliphatic heterocycles. The number of hydrogen-bond donors (Lipinski definition) is 1. The normalized spacial score (nSPS) is 10.0. The predicted molar refractivity (Wildman–Crippen MR) is 74.5 cm³/mol. The molecule has 116 valence electrons. The number of carboxylic acid groups (broad SMARTS) is 1. The molecule has 1 rings (SSSR count). The first-order chi connectivity index (χ1) is 9.99. The molecule has 0 aliphatic rings. The first kappa shape index (κ1) is 16.8. The molecule has 1 N–H and O–H groups in total. The van der Waals surface area contributed by atoms with Crippen LogP contribution in [0.2, 0.25) is 0 Å². The fourth-order valence-electron chi connectivity index (χ4n) is 1.76. The number of hydrogen-bond acceptors (Lipinski definition) is 5. The quantitative estimate of drug-likeness (QED) is 0.762. The van der Waals surface area contributed by atoms with Gasteiger partial charge in [0.1, 0.15) is 13.2 Å². The number of nitrogens with zero attached hydrogens (tertiary/aromatic N) is 1. The van der Waals surface area contributed by atoms with E-state index < -0.39 is 12.6 Å². The van der Waals surface area contributed by atoms with Gasteiger partial charge in [-0.25, -0.2) is 4.79 Å². The highest BCUT2D eigenvalue weighted by molar-refractivity contribution is 5.77. The molecule has 0 aromatic heterocycles. The third kappa shape index (κ3) is 4.96. The lowest BCUT2D eigenvalue weighted by Crippen LogP contribution is -2.30. The summed E-state index contributed by atoms with van der Waals surface area (Å²) in [6, 6.07) is 5.39. The Morgan fingerprint density at radius 2 is 1.90 bits per heavy atom. The van der Waals surface area contributed by atoms with Crippen molar-refractivity contribution in [3.63, 3.8) is 0 Å². The number of carbonyl (C=O) groups excluding carboxylic acids is 1. The Labute approximate surface area is 123 Å². The minimum Gasteiger partial charge on any atom is -0.493 e. The number of aliphatic carboxylic acids is 1. The second-order valence-corrected chi connectivity index (χ2v) is 4.29. The number of carbonyl (C=O) groups is 2. The van der Waals surface area contributed by atoms with Gasteiger partial charge in [0.2, 0.25) is 5.91 Å². The Bertz CT molecular complexity index is 502. The Morgan fingerprint density at radius 1 is 1.19 bits per heavy atom. The first-order valence-electron chi connectivity index (χ1n) is 6.23. The summed E-state index contributed by atoms with van der Waals surface area (Å²) in [6.45, 7) is -0.479. The zero-order valence-electron chi connectivity index (χ0n) is 12.3. The van der Waals surface area contributed by atoms with E-state index in [-0.39, 0.29) is 12.5 Å². The molecule has 0 saturated heterocycles. The van der Waals surface area contributed by atoms with Crippen LogP contribution in [0.5, 0.6) is 11.5 Å². The van der Waals surface area contributed by atoms with Crippen LogP contribution in [-0.2, 0) is 20.9 Å². The largest absolute Gasteiger partial charge is 0.493 e. The Hall–Kier alpha value is -2.28. The smallest absolute Gasteiger partial charge is 0.329 e. The fourth-order valence-corrected chi connectivity index (χ4v) is 1.76. The molecule has 0 unspecified atom stereocenters. The molecule has 0 radical (unpaired) electrons. The average Bonchev–Trinajstić information content (AvgIpc) is 2.46. The minimum atomic E-state index is -1.11. The lowest BCUT2D eigenvalue weighted by Gasteiger charge is -2.19. The van der Waals surface area contributed by atoms with Crippen LogP contribution >= 0.6 is 0 Å². The lowest BCUT2D eigenvalue weighted by atomic mass is 10.1. The number of likely N-dealkylation sites (N-methyl/N-ethyl adjacent to an activating group) is 1. The summed E-state index contributed by atoms with van der Waals surface area (Å²) in [5.41, 5.74) is 0.783. The van der Waals surface area contributed by atoms with E-state index in [1.807, 2.05) is 6.07 Å². The fraction of sp³-hybridized carbons (Fsp3) is 0.429. The number of benzene rings is 1. The number of para-hydroxylation sites is 1. The van der Waals surface area contributed by atoms with Gasteiger partial charge in [-0.3, -0.25) is 4.79 Å². The van der Waals surface area contributed by atoms with Crippen molar-refractivity contribution in [2.45, 2.75) is 6.54 Å². The van der Waals surface area contributed by atoms with Crippen molar-refractivity contribution in [2.75, 3.05) is 34.5 Å². The molecule has 1 aromatic rings. The van der Waals surface area contributed by atoms with Gasteiger partial charge in [0.15, 0.2) is 11.5 Å². The van der Waals surface area contributed by atoms with Crippen molar-refractivity contribution in [1.29, 1.82) is 0 Å². The summed E-state index contributed by atoms with van der Waals surface area (Å²) >= 11 is 0. The van der Waals surface area contributed by atoms with Crippen LogP contribution in [0.4, 0.5) is 0 Å². The van der Waals surface area contributed by atoms with E-state index in [2.05, 4.69) is 0 Å². The summed E-state index contributed by atoms with van der Waals surface area (Å²) in [5.74, 6) is -0.287. The van der Waals surface area contributed by atoms with E-state index in [1.165, 1.54) is 19.1 Å². The van der Waals surface area contributed by atoms with Gasteiger partial charge in [-0.2, -0.15) is 0 Å². The number of methoxy groups -OCH3 is 2. The molecular formula is C14H19NO6. The van der Waals surface area contributed by atoms with Crippen LogP contribution in [0.25, 0.3) is 0 Å². The molecule has 0 spiro atoms. The molecule has 0 fully saturated rings. The van der Waals surface area contributed by atoms with Crippen LogP contribution in [-0.4, -0.2) is 56.4 Å². The standard InChI is InChI=1S/C14H19NO6/c1-15(12(16)8-21-9-13(17)18)7-10-5-4-6-11(19-2)14(10)20-3/h4-6H,7-9H2,1-3H3,(H,17,18). The van der Waals surface area contributed by atoms with Crippen molar-refractivity contribution >= 4 is 11.9 Å². The Kier molecular flexibility index (Phi) is 6.48. The molecule has 1 aromatic carbocycles. The highest BCUT2D eigenvalue weighted by Crippen LogP contribution is 2.31. The van der Waals surface area contributed by atoms with Crippen molar-refractivity contribution in [3.05, 3.63) is 23.8 Å². The Balaban J connectivity index is 2.67. The number of rotatable bonds is 8.